The van der Waals surface area contributed by atoms with Crippen LogP contribution in [0, 0.1) is 0 Å². The molecule has 3 rings (SSSR count). The average molecular weight is 440 g/mol. The molecular weight excluding hydrogens is 406 g/mol. The summed E-state index contributed by atoms with van der Waals surface area (Å²) in [4.78, 5) is 32.6. The zero-order valence-corrected chi connectivity index (χ0v) is 19.3. The molecule has 2 heterocycles. The van der Waals surface area contributed by atoms with Crippen LogP contribution < -0.4 is 10.6 Å². The monoisotopic (exact) mass is 439 g/mol. The van der Waals surface area contributed by atoms with Crippen molar-refractivity contribution in [1.82, 2.24) is 30.2 Å². The van der Waals surface area contributed by atoms with E-state index in [0.29, 0.717) is 32.5 Å². The molecule has 9 heteroatoms. The standard InChI is InChI=1S/C23H33N7O2/c1-5-23(3)20(31)29(22(32)27-23)14-10-13-25-21(24-6-2)28(4)16-18-15-26-30(17-18)19-11-8-7-9-12-19/h7-9,11-12,15,17H,5-6,10,13-14,16H2,1-4H3,(H,24,25)(H,27,32). The third-order valence-electron chi connectivity index (χ3n) is 5.63. The van der Waals surface area contributed by atoms with Crippen LogP contribution in [-0.4, -0.2) is 69.7 Å². The number of carbonyl (C=O) groups is 2. The number of urea groups is 1. The molecule has 2 aromatic rings. The fourth-order valence-electron chi connectivity index (χ4n) is 3.59. The van der Waals surface area contributed by atoms with E-state index in [4.69, 9.17) is 0 Å². The van der Waals surface area contributed by atoms with E-state index >= 15 is 0 Å². The van der Waals surface area contributed by atoms with Crippen molar-refractivity contribution in [3.8, 4) is 5.69 Å². The smallest absolute Gasteiger partial charge is 0.325 e. The normalized spacial score (nSPS) is 18.8. The predicted octanol–water partition coefficient (Wildman–Crippen LogP) is 2.38. The number of para-hydroxylation sites is 1. The van der Waals surface area contributed by atoms with Gasteiger partial charge in [0.15, 0.2) is 5.96 Å². The van der Waals surface area contributed by atoms with Gasteiger partial charge in [0, 0.05) is 45.0 Å². The number of guanidine groups is 1. The van der Waals surface area contributed by atoms with Gasteiger partial charge in [-0.25, -0.2) is 9.48 Å². The third-order valence-corrected chi connectivity index (χ3v) is 5.63. The largest absolute Gasteiger partial charge is 0.357 e. The van der Waals surface area contributed by atoms with Crippen molar-refractivity contribution in [2.75, 3.05) is 26.7 Å². The molecule has 1 atom stereocenters. The fraction of sp³-hybridized carbons (Fsp3) is 0.478. The zero-order chi connectivity index (χ0) is 23.1. The second-order valence-electron chi connectivity index (χ2n) is 8.15. The maximum Gasteiger partial charge on any atom is 0.325 e. The Morgan fingerprint density at radius 3 is 2.66 bits per heavy atom. The van der Waals surface area contributed by atoms with Gasteiger partial charge in [0.2, 0.25) is 0 Å². The van der Waals surface area contributed by atoms with Crippen LogP contribution in [0.4, 0.5) is 4.79 Å². The third kappa shape index (κ3) is 5.27. The maximum absolute atomic E-state index is 12.5. The average Bonchev–Trinajstić information content (AvgIpc) is 3.34. The first kappa shape index (κ1) is 23.3. The van der Waals surface area contributed by atoms with Crippen molar-refractivity contribution in [3.63, 3.8) is 0 Å². The van der Waals surface area contributed by atoms with Crippen LogP contribution in [0.2, 0.25) is 0 Å². The minimum Gasteiger partial charge on any atom is -0.357 e. The Morgan fingerprint density at radius 2 is 2.00 bits per heavy atom. The highest BCUT2D eigenvalue weighted by Gasteiger charge is 2.45. The quantitative estimate of drug-likeness (QED) is 0.271. The van der Waals surface area contributed by atoms with Gasteiger partial charge in [0.05, 0.1) is 11.9 Å². The van der Waals surface area contributed by atoms with E-state index in [9.17, 15) is 9.59 Å². The highest BCUT2D eigenvalue weighted by atomic mass is 16.2. The summed E-state index contributed by atoms with van der Waals surface area (Å²) in [7, 11) is 1.98. The lowest BCUT2D eigenvalue weighted by Gasteiger charge is -2.21. The molecule has 0 spiro atoms. The minimum atomic E-state index is -0.792. The molecule has 1 unspecified atom stereocenters. The Morgan fingerprint density at radius 1 is 1.25 bits per heavy atom. The number of rotatable bonds is 9. The molecule has 172 valence electrons. The Labute approximate surface area is 189 Å². The van der Waals surface area contributed by atoms with E-state index in [2.05, 4.69) is 20.7 Å². The predicted molar refractivity (Wildman–Crippen MR) is 125 cm³/mol. The summed E-state index contributed by atoms with van der Waals surface area (Å²) < 4.78 is 1.86. The summed E-state index contributed by atoms with van der Waals surface area (Å²) in [6.07, 6.45) is 5.04. The highest BCUT2D eigenvalue weighted by Crippen LogP contribution is 2.20. The summed E-state index contributed by atoms with van der Waals surface area (Å²) in [6.45, 7) is 7.95. The van der Waals surface area contributed by atoms with Gasteiger partial charge >= 0.3 is 6.03 Å². The first-order chi connectivity index (χ1) is 15.4. The SMILES string of the molecule is CCNC(=NCCCN1C(=O)NC(C)(CC)C1=O)N(C)Cc1cnn(-c2ccccc2)c1. The topological polar surface area (TPSA) is 94.9 Å². The van der Waals surface area contributed by atoms with Crippen molar-refractivity contribution in [2.24, 2.45) is 4.99 Å². The Balaban J connectivity index is 1.56. The Bertz CT molecular complexity index is 956. The highest BCUT2D eigenvalue weighted by molar-refractivity contribution is 6.06. The van der Waals surface area contributed by atoms with E-state index in [-0.39, 0.29) is 11.9 Å². The van der Waals surface area contributed by atoms with E-state index in [1.54, 1.807) is 6.92 Å². The molecule has 9 nitrogen and oxygen atoms in total. The number of imide groups is 1. The number of carbonyl (C=O) groups excluding carboxylic acids is 2. The van der Waals surface area contributed by atoms with Crippen LogP contribution in [0.15, 0.2) is 47.7 Å². The maximum atomic E-state index is 12.5. The summed E-state index contributed by atoms with van der Waals surface area (Å²) in [5.74, 6) is 0.615. The van der Waals surface area contributed by atoms with E-state index < -0.39 is 5.54 Å². The van der Waals surface area contributed by atoms with Crippen molar-refractivity contribution in [3.05, 3.63) is 48.3 Å². The fourth-order valence-corrected chi connectivity index (χ4v) is 3.59. The number of aliphatic imine (C=N–C) groups is 1. The first-order valence-corrected chi connectivity index (χ1v) is 11.1. The molecule has 0 saturated carbocycles. The molecule has 2 N–H and O–H groups in total. The summed E-state index contributed by atoms with van der Waals surface area (Å²) in [5, 5.41) is 10.5. The molecule has 1 aromatic carbocycles. The summed E-state index contributed by atoms with van der Waals surface area (Å²) in [6, 6.07) is 9.67. The zero-order valence-electron chi connectivity index (χ0n) is 19.3. The van der Waals surface area contributed by atoms with Crippen LogP contribution in [0.25, 0.3) is 5.69 Å². The molecule has 32 heavy (non-hydrogen) atoms. The molecule has 1 saturated heterocycles. The summed E-state index contributed by atoms with van der Waals surface area (Å²) >= 11 is 0. The second kappa shape index (κ2) is 10.3. The van der Waals surface area contributed by atoms with Gasteiger partial charge in [0.25, 0.3) is 5.91 Å². The molecule has 1 aliphatic rings. The number of hydrogen-bond acceptors (Lipinski definition) is 4. The number of amides is 3. The van der Waals surface area contributed by atoms with Gasteiger partial charge in [-0.3, -0.25) is 14.7 Å². The number of aromatic nitrogens is 2. The van der Waals surface area contributed by atoms with E-state index in [1.165, 1.54) is 4.90 Å². The van der Waals surface area contributed by atoms with Gasteiger partial charge in [-0.2, -0.15) is 5.10 Å². The van der Waals surface area contributed by atoms with Crippen molar-refractivity contribution < 1.29 is 9.59 Å². The van der Waals surface area contributed by atoms with Crippen molar-refractivity contribution in [2.45, 2.75) is 45.7 Å². The van der Waals surface area contributed by atoms with Crippen LogP contribution in [0.5, 0.6) is 0 Å². The van der Waals surface area contributed by atoms with Gasteiger partial charge in [-0.05, 0) is 38.8 Å². The van der Waals surface area contributed by atoms with E-state index in [1.807, 2.05) is 73.2 Å². The summed E-state index contributed by atoms with van der Waals surface area (Å²) in [5.41, 5.74) is 1.29. The number of nitrogens with zero attached hydrogens (tertiary/aromatic N) is 5. The van der Waals surface area contributed by atoms with Crippen LogP contribution in [0.1, 0.15) is 39.2 Å². The van der Waals surface area contributed by atoms with Gasteiger partial charge < -0.3 is 15.5 Å². The van der Waals surface area contributed by atoms with Crippen LogP contribution >= 0.6 is 0 Å². The molecule has 0 aliphatic carbocycles. The lowest BCUT2D eigenvalue weighted by Crippen LogP contribution is -2.43. The van der Waals surface area contributed by atoms with Crippen LogP contribution in [0.3, 0.4) is 0 Å². The molecule has 1 fully saturated rings. The molecule has 3 amide bonds. The molecule has 1 aliphatic heterocycles. The van der Waals surface area contributed by atoms with Gasteiger partial charge in [-0.1, -0.05) is 25.1 Å². The molecule has 0 radical (unpaired) electrons. The molecule has 0 bridgehead atoms. The molecular formula is C23H33N7O2. The van der Waals surface area contributed by atoms with Gasteiger partial charge in [0.1, 0.15) is 5.54 Å². The van der Waals surface area contributed by atoms with Crippen molar-refractivity contribution in [1.29, 1.82) is 0 Å². The van der Waals surface area contributed by atoms with Crippen molar-refractivity contribution >= 4 is 17.9 Å². The number of benzene rings is 1. The second-order valence-corrected chi connectivity index (χ2v) is 8.15. The van der Waals surface area contributed by atoms with E-state index in [0.717, 1.165) is 23.8 Å². The first-order valence-electron chi connectivity index (χ1n) is 11.1. The number of hydrogen-bond donors (Lipinski definition) is 2. The Hall–Kier alpha value is -3.36. The lowest BCUT2D eigenvalue weighted by atomic mass is 9.99. The van der Waals surface area contributed by atoms with Crippen LogP contribution in [-0.2, 0) is 11.3 Å². The van der Waals surface area contributed by atoms with Gasteiger partial charge in [-0.15, -0.1) is 0 Å². The minimum absolute atomic E-state index is 0.159. The number of nitrogens with one attached hydrogen (secondary N) is 2. The molecule has 1 aromatic heterocycles. The Kier molecular flexibility index (Phi) is 7.50. The lowest BCUT2D eigenvalue weighted by molar-refractivity contribution is -0.130.